The number of phenols is 1. The summed E-state index contributed by atoms with van der Waals surface area (Å²) in [4.78, 5) is 5.10. The summed E-state index contributed by atoms with van der Waals surface area (Å²) in [7, 11) is 0. The molecule has 0 saturated heterocycles. The van der Waals surface area contributed by atoms with Gasteiger partial charge in [-0.1, -0.05) is 91.0 Å². The van der Waals surface area contributed by atoms with Gasteiger partial charge in [0.15, 0.2) is 0 Å². The number of benzene rings is 5. The van der Waals surface area contributed by atoms with Crippen molar-refractivity contribution >= 4 is 11.0 Å². The van der Waals surface area contributed by atoms with Crippen molar-refractivity contribution in [1.29, 1.82) is 0 Å². The van der Waals surface area contributed by atoms with Gasteiger partial charge in [-0.15, -0.1) is 0 Å². The summed E-state index contributed by atoms with van der Waals surface area (Å²) >= 11 is 0. The molecule has 0 aliphatic carbocycles. The van der Waals surface area contributed by atoms with Crippen molar-refractivity contribution < 1.29 is 5.11 Å². The van der Waals surface area contributed by atoms with E-state index in [-0.39, 0.29) is 5.75 Å². The lowest BCUT2D eigenvalue weighted by Gasteiger charge is -2.11. The zero-order valence-corrected chi connectivity index (χ0v) is 18.5. The summed E-state index contributed by atoms with van der Waals surface area (Å²) in [6, 6.07) is 42.8. The number of aromatic hydroxyl groups is 1. The maximum Gasteiger partial charge on any atom is 0.149 e. The number of fused-ring (bicyclic) bond motifs is 1. The number of phenolic OH excluding ortho intramolecular Hbond substituents is 1. The first-order valence-electron chi connectivity index (χ1n) is 11.3. The van der Waals surface area contributed by atoms with Gasteiger partial charge in [-0.05, 0) is 53.1 Å². The van der Waals surface area contributed by atoms with E-state index in [1.165, 1.54) is 11.1 Å². The summed E-state index contributed by atoms with van der Waals surface area (Å²) in [5.74, 6) is 0.925. The summed E-state index contributed by atoms with van der Waals surface area (Å²) in [5, 5.41) is 10.7. The van der Waals surface area contributed by atoms with Gasteiger partial charge in [-0.25, -0.2) is 4.98 Å². The molecule has 0 atom stereocenters. The minimum absolute atomic E-state index is 0.211. The van der Waals surface area contributed by atoms with Crippen LogP contribution in [-0.2, 0) is 0 Å². The molecule has 0 amide bonds. The summed E-state index contributed by atoms with van der Waals surface area (Å²) in [5.41, 5.74) is 8.10. The van der Waals surface area contributed by atoms with E-state index in [0.717, 1.165) is 27.8 Å². The summed E-state index contributed by atoms with van der Waals surface area (Å²) in [6.07, 6.45) is 0. The SMILES string of the molecule is Oc1ccccc1-c1nc2c(-c3cccc(-c4ccccc4)c3)cccc2n1-c1ccccc1. The standard InChI is InChI=1S/C31H22N2O/c34-29-20-8-7-17-27(29)31-32-30-26(18-10-19-28(30)33(31)25-15-5-2-6-16-25)24-14-9-13-23(21-24)22-11-3-1-4-12-22/h1-21,34H. The van der Waals surface area contributed by atoms with Gasteiger partial charge in [0, 0.05) is 11.3 Å². The van der Waals surface area contributed by atoms with Gasteiger partial charge in [0.25, 0.3) is 0 Å². The van der Waals surface area contributed by atoms with Crippen LogP contribution in [0.15, 0.2) is 127 Å². The quantitative estimate of drug-likeness (QED) is 0.306. The van der Waals surface area contributed by atoms with E-state index in [9.17, 15) is 5.11 Å². The van der Waals surface area contributed by atoms with Crippen LogP contribution < -0.4 is 0 Å². The molecule has 3 nitrogen and oxygen atoms in total. The Hall–Kier alpha value is -4.63. The Labute approximate surface area is 198 Å². The number of nitrogens with zero attached hydrogens (tertiary/aromatic N) is 2. The molecule has 162 valence electrons. The molecule has 1 heterocycles. The molecule has 1 N–H and O–H groups in total. The van der Waals surface area contributed by atoms with Crippen LogP contribution in [0.3, 0.4) is 0 Å². The molecule has 34 heavy (non-hydrogen) atoms. The predicted octanol–water partition coefficient (Wildman–Crippen LogP) is 7.73. The summed E-state index contributed by atoms with van der Waals surface area (Å²) < 4.78 is 2.12. The molecule has 1 aromatic heterocycles. The van der Waals surface area contributed by atoms with Gasteiger partial charge in [-0.2, -0.15) is 0 Å². The first-order chi connectivity index (χ1) is 16.8. The second-order valence-electron chi connectivity index (χ2n) is 8.24. The second-order valence-corrected chi connectivity index (χ2v) is 8.24. The van der Waals surface area contributed by atoms with Gasteiger partial charge in [-0.3, -0.25) is 4.57 Å². The van der Waals surface area contributed by atoms with Crippen molar-refractivity contribution in [3.05, 3.63) is 127 Å². The zero-order valence-electron chi connectivity index (χ0n) is 18.5. The Morgan fingerprint density at radius 1 is 0.529 bits per heavy atom. The predicted molar refractivity (Wildman–Crippen MR) is 139 cm³/mol. The van der Waals surface area contributed by atoms with Crippen LogP contribution in [-0.4, -0.2) is 14.7 Å². The smallest absolute Gasteiger partial charge is 0.149 e. The third kappa shape index (κ3) is 3.44. The van der Waals surface area contributed by atoms with Crippen molar-refractivity contribution in [1.82, 2.24) is 9.55 Å². The van der Waals surface area contributed by atoms with Gasteiger partial charge in [0.2, 0.25) is 0 Å². The first-order valence-corrected chi connectivity index (χ1v) is 11.3. The van der Waals surface area contributed by atoms with Crippen molar-refractivity contribution in [3.63, 3.8) is 0 Å². The largest absolute Gasteiger partial charge is 0.507 e. The average Bonchev–Trinajstić information content (AvgIpc) is 3.29. The van der Waals surface area contributed by atoms with Gasteiger partial charge in [0.1, 0.15) is 11.6 Å². The number of hydrogen-bond donors (Lipinski definition) is 1. The van der Waals surface area contributed by atoms with Crippen molar-refractivity contribution in [2.75, 3.05) is 0 Å². The van der Waals surface area contributed by atoms with Gasteiger partial charge in [0.05, 0.1) is 16.6 Å². The molecule has 0 radical (unpaired) electrons. The lowest BCUT2D eigenvalue weighted by atomic mass is 9.98. The van der Waals surface area contributed by atoms with Crippen LogP contribution in [0.2, 0.25) is 0 Å². The van der Waals surface area contributed by atoms with Crippen LogP contribution in [0, 0.1) is 0 Å². The lowest BCUT2D eigenvalue weighted by molar-refractivity contribution is 0.477. The fourth-order valence-corrected chi connectivity index (χ4v) is 4.51. The minimum atomic E-state index is 0.211. The highest BCUT2D eigenvalue weighted by molar-refractivity contribution is 5.96. The van der Waals surface area contributed by atoms with Crippen LogP contribution in [0.4, 0.5) is 0 Å². The maximum absolute atomic E-state index is 10.7. The van der Waals surface area contributed by atoms with E-state index in [2.05, 4.69) is 83.4 Å². The summed E-state index contributed by atoms with van der Waals surface area (Å²) in [6.45, 7) is 0. The molecule has 0 aliphatic rings. The Balaban J connectivity index is 1.61. The molecule has 0 aliphatic heterocycles. The third-order valence-electron chi connectivity index (χ3n) is 6.13. The molecule has 6 rings (SSSR count). The maximum atomic E-state index is 10.7. The second kappa shape index (κ2) is 8.38. The average molecular weight is 439 g/mol. The van der Waals surface area contributed by atoms with E-state index >= 15 is 0 Å². The van der Waals surface area contributed by atoms with E-state index in [0.29, 0.717) is 11.4 Å². The van der Waals surface area contributed by atoms with Crippen molar-refractivity contribution in [2.45, 2.75) is 0 Å². The molecule has 0 spiro atoms. The van der Waals surface area contributed by atoms with Crippen molar-refractivity contribution in [3.8, 4) is 45.1 Å². The van der Waals surface area contributed by atoms with Crippen LogP contribution in [0.25, 0.3) is 50.4 Å². The fraction of sp³-hybridized carbons (Fsp3) is 0. The molecule has 0 saturated carbocycles. The zero-order chi connectivity index (χ0) is 22.9. The molecular weight excluding hydrogens is 416 g/mol. The first kappa shape index (κ1) is 20.0. The minimum Gasteiger partial charge on any atom is -0.507 e. The highest BCUT2D eigenvalue weighted by atomic mass is 16.3. The number of rotatable bonds is 4. The van der Waals surface area contributed by atoms with E-state index in [4.69, 9.17) is 4.98 Å². The van der Waals surface area contributed by atoms with Crippen LogP contribution >= 0.6 is 0 Å². The van der Waals surface area contributed by atoms with Crippen LogP contribution in [0.5, 0.6) is 5.75 Å². The van der Waals surface area contributed by atoms with E-state index < -0.39 is 0 Å². The molecule has 6 aromatic rings. The Bertz CT molecular complexity index is 1600. The van der Waals surface area contributed by atoms with E-state index in [1.54, 1.807) is 6.07 Å². The molecule has 0 bridgehead atoms. The number of aromatic nitrogens is 2. The third-order valence-corrected chi connectivity index (χ3v) is 6.13. The molecule has 0 fully saturated rings. The highest BCUT2D eigenvalue weighted by Crippen LogP contribution is 2.37. The highest BCUT2D eigenvalue weighted by Gasteiger charge is 2.19. The Kier molecular flexibility index (Phi) is 4.93. The fourth-order valence-electron chi connectivity index (χ4n) is 4.51. The van der Waals surface area contributed by atoms with Gasteiger partial charge >= 0.3 is 0 Å². The van der Waals surface area contributed by atoms with Crippen molar-refractivity contribution in [2.24, 2.45) is 0 Å². The Morgan fingerprint density at radius 2 is 1.15 bits per heavy atom. The van der Waals surface area contributed by atoms with Gasteiger partial charge < -0.3 is 5.11 Å². The van der Waals surface area contributed by atoms with Crippen LogP contribution in [0.1, 0.15) is 0 Å². The molecule has 0 unspecified atom stereocenters. The molecular formula is C31H22N2O. The molecule has 5 aromatic carbocycles. The number of hydrogen-bond acceptors (Lipinski definition) is 2. The monoisotopic (exact) mass is 438 g/mol. The topological polar surface area (TPSA) is 38.1 Å². The Morgan fingerprint density at radius 3 is 1.94 bits per heavy atom. The normalized spacial score (nSPS) is 11.1. The van der Waals surface area contributed by atoms with E-state index in [1.807, 2.05) is 42.5 Å². The molecule has 3 heteroatoms. The number of imidazole rings is 1. The number of para-hydroxylation sites is 3. The lowest BCUT2D eigenvalue weighted by Crippen LogP contribution is -1.97.